The molecule has 0 spiro atoms. The van der Waals surface area contributed by atoms with Crippen molar-refractivity contribution in [2.45, 2.75) is 78.6 Å². The second-order valence-corrected chi connectivity index (χ2v) is 9.34. The molecule has 0 fully saturated rings. The van der Waals surface area contributed by atoms with E-state index in [1.54, 1.807) is 0 Å². The second kappa shape index (κ2) is 12.5. The molecule has 0 aromatic rings. The van der Waals surface area contributed by atoms with Crippen LogP contribution in [0, 0.1) is 0 Å². The zero-order chi connectivity index (χ0) is 18.7. The molecule has 23 heavy (non-hydrogen) atoms. The van der Waals surface area contributed by atoms with Crippen LogP contribution in [0.5, 0.6) is 0 Å². The van der Waals surface area contributed by atoms with Crippen molar-refractivity contribution in [2.75, 3.05) is 34.2 Å². The standard InChI is InChI=1S/C9H21N3.2C4H9N.Mo/c1-8(10-3)6-12(5)7-9(2)11-4;2*1-4(2,3)5;/h8-9H,6-7H2,1-5H3;2*1-3H3;/q-2;;;+2. The van der Waals surface area contributed by atoms with Gasteiger partial charge in [0, 0.05) is 0 Å². The van der Waals surface area contributed by atoms with E-state index in [1.807, 2.05) is 14.1 Å². The normalized spacial score (nSPS) is 14.4. The Balaban J connectivity index is 0. The van der Waals surface area contributed by atoms with Crippen molar-refractivity contribution in [1.29, 1.82) is 0 Å². The van der Waals surface area contributed by atoms with E-state index in [-0.39, 0.29) is 11.1 Å². The molecule has 0 rings (SSSR count). The third-order valence-electron chi connectivity index (χ3n) is 2.66. The third-order valence-corrected chi connectivity index (χ3v) is 5.76. The molecule has 0 aliphatic heterocycles. The van der Waals surface area contributed by atoms with Crippen molar-refractivity contribution in [3.63, 3.8) is 0 Å². The Morgan fingerprint density at radius 2 is 1.13 bits per heavy atom. The zero-order valence-electron chi connectivity index (χ0n) is 17.2. The minimum atomic E-state index is -0.473. The molecular formula is C17H39MoN5. The monoisotopic (exact) mass is 411 g/mol. The van der Waals surface area contributed by atoms with Gasteiger partial charge in [-0.2, -0.15) is 14.1 Å². The Bertz CT molecular complexity index is 321. The van der Waals surface area contributed by atoms with E-state index < -0.39 is 18.2 Å². The van der Waals surface area contributed by atoms with E-state index in [1.165, 1.54) is 0 Å². The topological polar surface area (TPSA) is 56.2 Å². The minimum absolute atomic E-state index is 0.108. The second-order valence-electron chi connectivity index (χ2n) is 8.04. The molecule has 0 bridgehead atoms. The fourth-order valence-corrected chi connectivity index (χ4v) is 2.71. The minimum Gasteiger partial charge on any atom is -0.661 e. The number of nitrogens with zero attached hydrogens (tertiary/aromatic N) is 5. The van der Waals surface area contributed by atoms with Crippen LogP contribution in [-0.4, -0.2) is 62.3 Å². The van der Waals surface area contributed by atoms with E-state index in [0.29, 0.717) is 12.1 Å². The van der Waals surface area contributed by atoms with Gasteiger partial charge in [-0.25, -0.2) is 0 Å². The molecule has 0 radical (unpaired) electrons. The van der Waals surface area contributed by atoms with Crippen LogP contribution in [0.4, 0.5) is 0 Å². The molecule has 2 unspecified atom stereocenters. The van der Waals surface area contributed by atoms with Crippen molar-refractivity contribution in [3.8, 4) is 0 Å². The van der Waals surface area contributed by atoms with Crippen LogP contribution in [-0.2, 0) is 18.2 Å². The van der Waals surface area contributed by atoms with E-state index >= 15 is 0 Å². The number of likely N-dealkylation sites (N-methyl/N-ethyl adjacent to an activating group) is 3. The van der Waals surface area contributed by atoms with Gasteiger partial charge in [-0.1, -0.05) is 13.8 Å². The maximum absolute atomic E-state index is 4.51. The molecule has 0 aromatic heterocycles. The van der Waals surface area contributed by atoms with Crippen molar-refractivity contribution in [1.82, 2.24) is 4.90 Å². The fraction of sp³-hybridized carbons (Fsp3) is 1.00. The van der Waals surface area contributed by atoms with Crippen LogP contribution in [0.2, 0.25) is 0 Å². The first-order valence-electron chi connectivity index (χ1n) is 8.27. The van der Waals surface area contributed by atoms with Gasteiger partial charge in [0.2, 0.25) is 0 Å². The maximum Gasteiger partial charge on any atom is -0.0135 e. The largest absolute Gasteiger partial charge is 0.661 e. The molecule has 0 amide bonds. The zero-order valence-corrected chi connectivity index (χ0v) is 19.2. The molecule has 0 aliphatic rings. The average molecular weight is 409 g/mol. The summed E-state index contributed by atoms with van der Waals surface area (Å²) in [5.41, 5.74) is 0.216. The van der Waals surface area contributed by atoms with E-state index in [2.05, 4.69) is 85.0 Å². The molecular weight excluding hydrogens is 370 g/mol. The fourth-order valence-electron chi connectivity index (χ4n) is 1.41. The Morgan fingerprint density at radius 1 is 0.826 bits per heavy atom. The SMILES string of the molecule is CC(C)(C)[N]=[Mo+2]=[N]C(C)(C)C.C[N-]C(C)CN(C)CC(C)[N-]C. The Hall–Kier alpha value is 0.168. The number of rotatable bonds is 6. The summed E-state index contributed by atoms with van der Waals surface area (Å²) >= 11 is -0.473. The van der Waals surface area contributed by atoms with E-state index in [9.17, 15) is 0 Å². The van der Waals surface area contributed by atoms with Crippen LogP contribution >= 0.6 is 0 Å². The van der Waals surface area contributed by atoms with Crippen LogP contribution < -0.4 is 0 Å². The molecule has 0 saturated heterocycles. The van der Waals surface area contributed by atoms with Gasteiger partial charge in [0.25, 0.3) is 0 Å². The van der Waals surface area contributed by atoms with Gasteiger partial charge in [-0.15, -0.1) is 12.1 Å². The molecule has 5 nitrogen and oxygen atoms in total. The summed E-state index contributed by atoms with van der Waals surface area (Å²) in [4.78, 5) is 2.27. The summed E-state index contributed by atoms with van der Waals surface area (Å²) in [7, 11) is 5.85. The summed E-state index contributed by atoms with van der Waals surface area (Å²) in [5, 5.41) is 8.38. The smallest absolute Gasteiger partial charge is 0.0135 e. The molecule has 138 valence electrons. The van der Waals surface area contributed by atoms with E-state index in [4.69, 9.17) is 0 Å². The summed E-state index contributed by atoms with van der Waals surface area (Å²) in [5.74, 6) is 0. The van der Waals surface area contributed by atoms with Crippen molar-refractivity contribution in [3.05, 3.63) is 10.6 Å². The predicted octanol–water partition coefficient (Wildman–Crippen LogP) is 4.74. The van der Waals surface area contributed by atoms with Gasteiger partial charge in [0.1, 0.15) is 0 Å². The van der Waals surface area contributed by atoms with Crippen molar-refractivity contribution < 1.29 is 18.2 Å². The van der Waals surface area contributed by atoms with Crippen molar-refractivity contribution in [2.24, 2.45) is 6.99 Å². The van der Waals surface area contributed by atoms with Crippen LogP contribution in [0.3, 0.4) is 0 Å². The summed E-state index contributed by atoms with van der Waals surface area (Å²) in [6.07, 6.45) is 0. The van der Waals surface area contributed by atoms with E-state index in [0.717, 1.165) is 13.1 Å². The summed E-state index contributed by atoms with van der Waals surface area (Å²) in [6, 6.07) is 0.859. The number of hydrogen-bond acceptors (Lipinski definition) is 3. The van der Waals surface area contributed by atoms with Gasteiger partial charge in [-0.3, -0.25) is 0 Å². The van der Waals surface area contributed by atoms with Crippen LogP contribution in [0.15, 0.2) is 6.99 Å². The Kier molecular flexibility index (Phi) is 13.8. The molecule has 2 atom stereocenters. The molecule has 0 saturated carbocycles. The Labute approximate surface area is 153 Å². The summed E-state index contributed by atoms with van der Waals surface area (Å²) < 4.78 is 9.01. The third kappa shape index (κ3) is 22.2. The first kappa shape index (κ1) is 25.4. The predicted molar refractivity (Wildman–Crippen MR) is 99.3 cm³/mol. The first-order chi connectivity index (χ1) is 10.3. The maximum atomic E-state index is 4.51. The van der Waals surface area contributed by atoms with Gasteiger partial charge in [-0.05, 0) is 20.1 Å². The quantitative estimate of drug-likeness (QED) is 0.585. The van der Waals surface area contributed by atoms with Gasteiger partial charge >= 0.3 is 77.8 Å². The van der Waals surface area contributed by atoms with Crippen LogP contribution in [0.1, 0.15) is 55.4 Å². The molecule has 6 heteroatoms. The van der Waals surface area contributed by atoms with Gasteiger partial charge in [0.15, 0.2) is 0 Å². The molecule has 0 heterocycles. The molecule has 0 N–H and O–H groups in total. The Morgan fingerprint density at radius 3 is 1.35 bits per heavy atom. The first-order valence-corrected chi connectivity index (χ1v) is 10.1. The van der Waals surface area contributed by atoms with Crippen LogP contribution in [0.25, 0.3) is 10.6 Å². The van der Waals surface area contributed by atoms with Crippen molar-refractivity contribution >= 4 is 0 Å². The molecule has 0 aromatic carbocycles. The molecule has 0 aliphatic carbocycles. The van der Waals surface area contributed by atoms with Gasteiger partial charge < -0.3 is 15.5 Å². The van der Waals surface area contributed by atoms with Gasteiger partial charge in [0.05, 0.1) is 0 Å². The number of hydrogen-bond donors (Lipinski definition) is 0. The summed E-state index contributed by atoms with van der Waals surface area (Å²) in [6.45, 7) is 19.0. The average Bonchev–Trinajstić information content (AvgIpc) is 2.35.